The Morgan fingerprint density at radius 1 is 1.39 bits per heavy atom. The van der Waals surface area contributed by atoms with Gasteiger partial charge in [-0.25, -0.2) is 0 Å². The van der Waals surface area contributed by atoms with Crippen LogP contribution in [-0.2, 0) is 18.4 Å². The number of likely N-dealkylation sites (N-methyl/N-ethyl adjacent to an activating group) is 1. The molecule has 4 nitrogen and oxygen atoms in total. The molecule has 18 heavy (non-hydrogen) atoms. The Morgan fingerprint density at radius 3 is 2.89 bits per heavy atom. The third kappa shape index (κ3) is 3.19. The molecule has 0 unspecified atom stereocenters. The second-order valence-corrected chi connectivity index (χ2v) is 5.45. The zero-order valence-corrected chi connectivity index (χ0v) is 11.9. The topological polar surface area (TPSA) is 30.3 Å². The van der Waals surface area contributed by atoms with Gasteiger partial charge >= 0.3 is 0 Å². The summed E-state index contributed by atoms with van der Waals surface area (Å²) in [7, 11) is 6.06. The molecule has 2 aromatic rings. The molecule has 0 saturated carbocycles. The normalized spacial score (nSPS) is 11.3. The number of aryl methyl sites for hydroxylation is 1. The zero-order chi connectivity index (χ0) is 13.0. The molecule has 0 amide bonds. The highest BCUT2D eigenvalue weighted by Crippen LogP contribution is 2.28. The van der Waals surface area contributed by atoms with Crippen LogP contribution in [0, 0.1) is 0 Å². The van der Waals surface area contributed by atoms with Crippen LogP contribution in [-0.4, -0.2) is 41.9 Å². The summed E-state index contributed by atoms with van der Waals surface area (Å²) in [4.78, 5) is 3.38. The van der Waals surface area contributed by atoms with Gasteiger partial charge < -0.3 is 9.64 Å². The van der Waals surface area contributed by atoms with Crippen LogP contribution in [0.4, 0.5) is 0 Å². The number of nitrogens with zero attached hydrogens (tertiary/aromatic N) is 3. The molecule has 0 spiro atoms. The zero-order valence-electron chi connectivity index (χ0n) is 11.1. The second-order valence-electron chi connectivity index (χ2n) is 4.45. The molecule has 0 radical (unpaired) electrons. The van der Waals surface area contributed by atoms with Gasteiger partial charge in [-0.15, -0.1) is 11.3 Å². The first-order valence-electron chi connectivity index (χ1n) is 5.95. The van der Waals surface area contributed by atoms with Crippen LogP contribution in [0.15, 0.2) is 23.7 Å². The molecule has 0 fully saturated rings. The van der Waals surface area contributed by atoms with Gasteiger partial charge in [-0.05, 0) is 31.6 Å². The third-order valence-electron chi connectivity index (χ3n) is 2.76. The van der Waals surface area contributed by atoms with Gasteiger partial charge in [0.05, 0.1) is 18.9 Å². The average molecular weight is 265 g/mol. The molecular formula is C13H19N3OS. The maximum atomic E-state index is 5.71. The lowest BCUT2D eigenvalue weighted by Crippen LogP contribution is -2.17. The summed E-state index contributed by atoms with van der Waals surface area (Å²) in [5, 5.41) is 6.31. The van der Waals surface area contributed by atoms with Crippen molar-refractivity contribution in [3.63, 3.8) is 0 Å². The number of rotatable bonds is 6. The van der Waals surface area contributed by atoms with E-state index >= 15 is 0 Å². The summed E-state index contributed by atoms with van der Waals surface area (Å²) >= 11 is 1.74. The van der Waals surface area contributed by atoms with Crippen molar-refractivity contribution in [2.24, 2.45) is 7.05 Å². The molecule has 0 aliphatic heterocycles. The maximum Gasteiger partial charge on any atom is 0.0816 e. The van der Waals surface area contributed by atoms with Crippen molar-refractivity contribution in [2.75, 3.05) is 27.2 Å². The third-order valence-corrected chi connectivity index (χ3v) is 3.65. The van der Waals surface area contributed by atoms with E-state index in [4.69, 9.17) is 4.74 Å². The van der Waals surface area contributed by atoms with Gasteiger partial charge in [-0.1, -0.05) is 0 Å². The second kappa shape index (κ2) is 6.13. The fourth-order valence-corrected chi connectivity index (χ4v) is 2.55. The van der Waals surface area contributed by atoms with E-state index < -0.39 is 0 Å². The molecule has 0 atom stereocenters. The summed E-state index contributed by atoms with van der Waals surface area (Å²) in [6.07, 6.45) is 1.82. The van der Waals surface area contributed by atoms with E-state index in [-0.39, 0.29) is 0 Å². The van der Waals surface area contributed by atoms with Crippen LogP contribution in [0.25, 0.3) is 11.3 Å². The first-order valence-corrected chi connectivity index (χ1v) is 6.83. The summed E-state index contributed by atoms with van der Waals surface area (Å²) in [6, 6.07) is 4.16. The lowest BCUT2D eigenvalue weighted by atomic mass is 10.2. The van der Waals surface area contributed by atoms with Gasteiger partial charge in [-0.3, -0.25) is 4.68 Å². The van der Waals surface area contributed by atoms with Crippen LogP contribution in [0.5, 0.6) is 0 Å². The molecule has 0 N–H and O–H groups in total. The van der Waals surface area contributed by atoms with Crippen molar-refractivity contribution >= 4 is 11.3 Å². The van der Waals surface area contributed by atoms with Crippen molar-refractivity contribution in [3.8, 4) is 11.3 Å². The molecule has 2 heterocycles. The fourth-order valence-electron chi connectivity index (χ4n) is 1.73. The molecule has 0 aliphatic rings. The predicted octanol–water partition coefficient (Wildman–Crippen LogP) is 2.23. The highest BCUT2D eigenvalue weighted by molar-refractivity contribution is 7.10. The van der Waals surface area contributed by atoms with Crippen molar-refractivity contribution in [2.45, 2.75) is 6.61 Å². The van der Waals surface area contributed by atoms with Crippen molar-refractivity contribution in [1.82, 2.24) is 14.7 Å². The van der Waals surface area contributed by atoms with Gasteiger partial charge in [0, 0.05) is 30.2 Å². The SMILES string of the molecule is CN(C)CCOCc1sccc1-c1ccnn1C. The molecule has 2 aromatic heterocycles. The van der Waals surface area contributed by atoms with Crippen LogP contribution < -0.4 is 0 Å². The Bertz CT molecular complexity index is 490. The highest BCUT2D eigenvalue weighted by atomic mass is 32.1. The van der Waals surface area contributed by atoms with Gasteiger partial charge in [0.1, 0.15) is 0 Å². The van der Waals surface area contributed by atoms with Gasteiger partial charge in [0.25, 0.3) is 0 Å². The number of hydrogen-bond donors (Lipinski definition) is 0. The maximum absolute atomic E-state index is 5.71. The number of aromatic nitrogens is 2. The Morgan fingerprint density at radius 2 is 2.22 bits per heavy atom. The van der Waals surface area contributed by atoms with Gasteiger partial charge in [0.15, 0.2) is 0 Å². The predicted molar refractivity (Wildman–Crippen MR) is 74.7 cm³/mol. The molecule has 0 bridgehead atoms. The summed E-state index contributed by atoms with van der Waals surface area (Å²) in [5.41, 5.74) is 2.37. The summed E-state index contributed by atoms with van der Waals surface area (Å²) in [5.74, 6) is 0. The molecule has 0 aromatic carbocycles. The smallest absolute Gasteiger partial charge is 0.0816 e. The minimum Gasteiger partial charge on any atom is -0.375 e. The number of ether oxygens (including phenoxy) is 1. The van der Waals surface area contributed by atoms with Crippen LogP contribution in [0.1, 0.15) is 4.88 Å². The molecule has 0 aliphatic carbocycles. The van der Waals surface area contributed by atoms with E-state index in [0.29, 0.717) is 6.61 Å². The van der Waals surface area contributed by atoms with E-state index in [2.05, 4.69) is 35.5 Å². The Balaban J connectivity index is 1.98. The first kappa shape index (κ1) is 13.3. The lowest BCUT2D eigenvalue weighted by Gasteiger charge is -2.10. The van der Waals surface area contributed by atoms with Crippen molar-refractivity contribution < 1.29 is 4.74 Å². The van der Waals surface area contributed by atoms with Crippen molar-refractivity contribution in [3.05, 3.63) is 28.6 Å². The first-order chi connectivity index (χ1) is 8.68. The average Bonchev–Trinajstić information content (AvgIpc) is 2.92. The number of thiophene rings is 1. The van der Waals surface area contributed by atoms with Crippen LogP contribution in [0.2, 0.25) is 0 Å². The summed E-state index contributed by atoms with van der Waals surface area (Å²) < 4.78 is 7.60. The fraction of sp³-hybridized carbons (Fsp3) is 0.462. The quantitative estimate of drug-likeness (QED) is 0.750. The van der Waals surface area contributed by atoms with Crippen LogP contribution >= 0.6 is 11.3 Å². The molecular weight excluding hydrogens is 246 g/mol. The van der Waals surface area contributed by atoms with E-state index in [1.807, 2.05) is 24.0 Å². The van der Waals surface area contributed by atoms with Gasteiger partial charge in [0.2, 0.25) is 0 Å². The Labute approximate surface area is 112 Å². The highest BCUT2D eigenvalue weighted by Gasteiger charge is 2.10. The Hall–Kier alpha value is -1.17. The summed E-state index contributed by atoms with van der Waals surface area (Å²) in [6.45, 7) is 2.38. The standard InChI is InChI=1S/C13H19N3OS/c1-15(2)7-8-17-10-13-11(5-9-18-13)12-4-6-14-16(12)3/h4-6,9H,7-8,10H2,1-3H3. The van der Waals surface area contributed by atoms with E-state index in [0.717, 1.165) is 18.8 Å². The van der Waals surface area contributed by atoms with E-state index in [1.54, 1.807) is 11.3 Å². The largest absolute Gasteiger partial charge is 0.375 e. The molecule has 2 rings (SSSR count). The molecule has 5 heteroatoms. The van der Waals surface area contributed by atoms with Gasteiger partial charge in [-0.2, -0.15) is 5.10 Å². The Kier molecular flexibility index (Phi) is 4.52. The minimum atomic E-state index is 0.673. The minimum absolute atomic E-state index is 0.673. The van der Waals surface area contributed by atoms with E-state index in [9.17, 15) is 0 Å². The molecule has 98 valence electrons. The van der Waals surface area contributed by atoms with Crippen LogP contribution in [0.3, 0.4) is 0 Å². The lowest BCUT2D eigenvalue weighted by molar-refractivity contribution is 0.107. The van der Waals surface area contributed by atoms with Crippen molar-refractivity contribution in [1.29, 1.82) is 0 Å². The monoisotopic (exact) mass is 265 g/mol. The van der Waals surface area contributed by atoms with E-state index in [1.165, 1.54) is 10.4 Å². The number of hydrogen-bond acceptors (Lipinski definition) is 4. The molecule has 0 saturated heterocycles.